The van der Waals surface area contributed by atoms with E-state index in [2.05, 4.69) is 12.2 Å². The van der Waals surface area contributed by atoms with E-state index in [9.17, 15) is 4.79 Å². The topological polar surface area (TPSA) is 29.1 Å². The second-order valence-corrected chi connectivity index (χ2v) is 10.3. The Labute approximate surface area is 141 Å². The van der Waals surface area contributed by atoms with E-state index in [1.807, 2.05) is 0 Å². The fraction of sp³-hybridized carbons (Fsp3) is 0.952. The van der Waals surface area contributed by atoms with Crippen LogP contribution in [-0.2, 0) is 4.79 Å². The average Bonchev–Trinajstić information content (AvgIpc) is 3.07. The number of hydrogen-bond acceptors (Lipinski definition) is 1. The van der Waals surface area contributed by atoms with Gasteiger partial charge in [-0.1, -0.05) is 6.42 Å². The molecule has 6 aliphatic rings. The van der Waals surface area contributed by atoms with Gasteiger partial charge in [0.25, 0.3) is 0 Å². The molecule has 6 bridgehead atoms. The molecule has 0 unspecified atom stereocenters. The minimum atomic E-state index is 0.377. The molecule has 0 heterocycles. The lowest BCUT2D eigenvalue weighted by molar-refractivity contribution is -0.130. The molecule has 6 rings (SSSR count). The zero-order valence-corrected chi connectivity index (χ0v) is 14.7. The molecule has 1 amide bonds. The molecule has 6 saturated carbocycles. The highest BCUT2D eigenvalue weighted by Crippen LogP contribution is 2.61. The predicted molar refractivity (Wildman–Crippen MR) is 91.8 cm³/mol. The van der Waals surface area contributed by atoms with Crippen LogP contribution in [0.2, 0.25) is 0 Å². The van der Waals surface area contributed by atoms with Gasteiger partial charge in [-0.15, -0.1) is 0 Å². The van der Waals surface area contributed by atoms with Crippen molar-refractivity contribution in [3.8, 4) is 0 Å². The van der Waals surface area contributed by atoms with Gasteiger partial charge < -0.3 is 5.32 Å². The Morgan fingerprint density at radius 3 is 2.13 bits per heavy atom. The van der Waals surface area contributed by atoms with Crippen LogP contribution in [0.15, 0.2) is 0 Å². The summed E-state index contributed by atoms with van der Waals surface area (Å²) >= 11 is 0. The summed E-state index contributed by atoms with van der Waals surface area (Å²) in [5, 5.41) is 3.44. The van der Waals surface area contributed by atoms with Crippen LogP contribution in [0.5, 0.6) is 0 Å². The monoisotopic (exact) mass is 315 g/mol. The van der Waals surface area contributed by atoms with Crippen molar-refractivity contribution in [2.45, 2.75) is 83.6 Å². The van der Waals surface area contributed by atoms with E-state index in [1.54, 1.807) is 0 Å². The molecule has 6 fully saturated rings. The fourth-order valence-corrected chi connectivity index (χ4v) is 8.17. The highest BCUT2D eigenvalue weighted by molar-refractivity contribution is 5.77. The quantitative estimate of drug-likeness (QED) is 0.811. The maximum Gasteiger partial charge on any atom is 0.220 e. The Bertz CT molecular complexity index is 463. The molecule has 0 spiro atoms. The van der Waals surface area contributed by atoms with Gasteiger partial charge in [0, 0.05) is 12.5 Å². The maximum absolute atomic E-state index is 12.8. The molecule has 0 aliphatic heterocycles. The summed E-state index contributed by atoms with van der Waals surface area (Å²) in [4.78, 5) is 12.8. The SMILES string of the molecule is C[C@H](NC(=O)CC12CC3CC(CC(C3)C1)C2)[C@@H]1C[C@@H]2CC[C@@H]1C2. The van der Waals surface area contributed by atoms with Crippen LogP contribution in [-0.4, -0.2) is 11.9 Å². The summed E-state index contributed by atoms with van der Waals surface area (Å²) in [5.41, 5.74) is 0.396. The molecule has 0 saturated heterocycles. The Morgan fingerprint density at radius 1 is 0.957 bits per heavy atom. The van der Waals surface area contributed by atoms with Crippen molar-refractivity contribution in [2.75, 3.05) is 0 Å². The predicted octanol–water partition coefficient (Wildman–Crippen LogP) is 4.53. The molecule has 0 radical (unpaired) electrons. The van der Waals surface area contributed by atoms with E-state index < -0.39 is 0 Å². The second kappa shape index (κ2) is 5.23. The summed E-state index contributed by atoms with van der Waals surface area (Å²) in [6.45, 7) is 2.28. The minimum absolute atomic E-state index is 0.377. The number of carbonyl (C=O) groups is 1. The summed E-state index contributed by atoms with van der Waals surface area (Å²) < 4.78 is 0. The van der Waals surface area contributed by atoms with Gasteiger partial charge in [-0.05, 0) is 106 Å². The number of rotatable bonds is 4. The summed E-state index contributed by atoms with van der Waals surface area (Å²) in [6.07, 6.45) is 15.0. The van der Waals surface area contributed by atoms with E-state index in [1.165, 1.54) is 64.2 Å². The standard InChI is InChI=1S/C21H33NO/c1-13(19-8-14-2-3-18(19)7-14)22-20(23)12-21-9-15-4-16(10-21)6-17(5-15)11-21/h13-19H,2-12H2,1H3,(H,22,23)/t13-,14+,15?,16?,17?,18+,19-,21?/m0/s1. The van der Waals surface area contributed by atoms with Crippen molar-refractivity contribution in [3.63, 3.8) is 0 Å². The molecule has 128 valence electrons. The van der Waals surface area contributed by atoms with Gasteiger partial charge in [0.1, 0.15) is 0 Å². The molecular formula is C21H33NO. The average molecular weight is 316 g/mol. The van der Waals surface area contributed by atoms with Gasteiger partial charge in [-0.3, -0.25) is 4.79 Å². The molecule has 0 aromatic heterocycles. The van der Waals surface area contributed by atoms with Crippen LogP contribution in [0.25, 0.3) is 0 Å². The zero-order chi connectivity index (χ0) is 15.6. The molecule has 6 aliphatic carbocycles. The third-order valence-electron chi connectivity index (χ3n) is 8.52. The lowest BCUT2D eigenvalue weighted by Gasteiger charge is -2.56. The van der Waals surface area contributed by atoms with Crippen LogP contribution in [0.3, 0.4) is 0 Å². The number of carbonyl (C=O) groups excluding carboxylic acids is 1. The van der Waals surface area contributed by atoms with E-state index in [4.69, 9.17) is 0 Å². The lowest BCUT2D eigenvalue weighted by atomic mass is 9.49. The van der Waals surface area contributed by atoms with Gasteiger partial charge in [0.05, 0.1) is 0 Å². The Balaban J connectivity index is 1.20. The molecule has 2 heteroatoms. The molecule has 2 nitrogen and oxygen atoms in total. The van der Waals surface area contributed by atoms with Gasteiger partial charge in [-0.25, -0.2) is 0 Å². The Morgan fingerprint density at radius 2 is 1.61 bits per heavy atom. The molecular weight excluding hydrogens is 282 g/mol. The van der Waals surface area contributed by atoms with Crippen molar-refractivity contribution >= 4 is 5.91 Å². The first-order chi connectivity index (χ1) is 11.1. The van der Waals surface area contributed by atoms with Gasteiger partial charge >= 0.3 is 0 Å². The van der Waals surface area contributed by atoms with Crippen molar-refractivity contribution in [1.82, 2.24) is 5.32 Å². The first-order valence-electron chi connectivity index (χ1n) is 10.4. The van der Waals surface area contributed by atoms with Crippen LogP contribution < -0.4 is 5.32 Å². The number of nitrogens with one attached hydrogen (secondary N) is 1. The molecule has 1 N–H and O–H groups in total. The van der Waals surface area contributed by atoms with Crippen molar-refractivity contribution in [3.05, 3.63) is 0 Å². The number of fused-ring (bicyclic) bond motifs is 2. The largest absolute Gasteiger partial charge is 0.353 e. The Kier molecular flexibility index (Phi) is 3.36. The number of hydrogen-bond donors (Lipinski definition) is 1. The van der Waals surface area contributed by atoms with Crippen molar-refractivity contribution in [2.24, 2.45) is 40.9 Å². The normalized spacial score (nSPS) is 51.2. The van der Waals surface area contributed by atoms with Crippen LogP contribution in [0.4, 0.5) is 0 Å². The molecule has 0 aromatic carbocycles. The van der Waals surface area contributed by atoms with E-state index in [-0.39, 0.29) is 0 Å². The van der Waals surface area contributed by atoms with Crippen LogP contribution in [0, 0.1) is 40.9 Å². The van der Waals surface area contributed by atoms with E-state index >= 15 is 0 Å². The van der Waals surface area contributed by atoms with Crippen LogP contribution >= 0.6 is 0 Å². The summed E-state index contributed by atoms with van der Waals surface area (Å²) in [5.74, 6) is 5.91. The molecule has 0 aromatic rings. The van der Waals surface area contributed by atoms with E-state index in [0.717, 1.165) is 41.9 Å². The van der Waals surface area contributed by atoms with Gasteiger partial charge in [0.15, 0.2) is 0 Å². The first-order valence-corrected chi connectivity index (χ1v) is 10.4. The maximum atomic E-state index is 12.8. The summed E-state index contributed by atoms with van der Waals surface area (Å²) in [6, 6.07) is 0.409. The summed E-state index contributed by atoms with van der Waals surface area (Å²) in [7, 11) is 0. The fourth-order valence-electron chi connectivity index (χ4n) is 8.17. The van der Waals surface area contributed by atoms with E-state index in [0.29, 0.717) is 17.4 Å². The smallest absolute Gasteiger partial charge is 0.220 e. The molecule has 4 atom stereocenters. The van der Waals surface area contributed by atoms with Gasteiger partial charge in [-0.2, -0.15) is 0 Å². The van der Waals surface area contributed by atoms with Crippen LogP contribution in [0.1, 0.15) is 77.6 Å². The number of amides is 1. The Hall–Kier alpha value is -0.530. The van der Waals surface area contributed by atoms with Gasteiger partial charge in [0.2, 0.25) is 5.91 Å². The van der Waals surface area contributed by atoms with Crippen molar-refractivity contribution < 1.29 is 4.79 Å². The lowest BCUT2D eigenvalue weighted by Crippen LogP contribution is -2.49. The minimum Gasteiger partial charge on any atom is -0.353 e. The third kappa shape index (κ3) is 2.55. The molecule has 23 heavy (non-hydrogen) atoms. The highest BCUT2D eigenvalue weighted by atomic mass is 16.1. The zero-order valence-electron chi connectivity index (χ0n) is 14.7. The first kappa shape index (κ1) is 14.8. The third-order valence-corrected chi connectivity index (χ3v) is 8.52. The second-order valence-electron chi connectivity index (χ2n) is 10.3. The van der Waals surface area contributed by atoms with Crippen molar-refractivity contribution in [1.29, 1.82) is 0 Å². The highest BCUT2D eigenvalue weighted by Gasteiger charge is 2.51.